The van der Waals surface area contributed by atoms with Crippen LogP contribution in [0.5, 0.6) is 0 Å². The standard InChI is InChI=1S/C18H23NO3S/c1-11-9-12(2)17(13(3)10-11)23(21)8-7-15(18(20)22-4)16(19-23)14-5-6-14/h7,9-10,14,16H,5-6,8H2,1-4H3/t16-,23?/m0/s1. The van der Waals surface area contributed by atoms with Gasteiger partial charge in [-0.25, -0.2) is 4.79 Å². The molecule has 124 valence electrons. The highest BCUT2D eigenvalue weighted by atomic mass is 32.3. The number of hydrogen-bond donors (Lipinski definition) is 0. The molecule has 0 bridgehead atoms. The van der Waals surface area contributed by atoms with Crippen LogP contribution >= 0.6 is 0 Å². The van der Waals surface area contributed by atoms with Crippen molar-refractivity contribution in [1.29, 1.82) is 0 Å². The molecule has 1 aromatic carbocycles. The summed E-state index contributed by atoms with van der Waals surface area (Å²) in [5, 5.41) is 0. The van der Waals surface area contributed by atoms with Gasteiger partial charge < -0.3 is 9.29 Å². The van der Waals surface area contributed by atoms with Crippen molar-refractivity contribution in [1.82, 2.24) is 0 Å². The summed E-state index contributed by atoms with van der Waals surface area (Å²) in [6.45, 7) is 6.02. The summed E-state index contributed by atoms with van der Waals surface area (Å²) in [4.78, 5) is 12.8. The molecule has 1 aliphatic carbocycles. The number of methoxy groups -OCH3 is 1. The first-order valence-electron chi connectivity index (χ1n) is 7.96. The molecule has 1 aromatic rings. The summed E-state index contributed by atoms with van der Waals surface area (Å²) in [6, 6.07) is 3.82. The number of rotatable bonds is 3. The molecule has 2 atom stereocenters. The summed E-state index contributed by atoms with van der Waals surface area (Å²) in [7, 11) is -1.15. The third-order valence-electron chi connectivity index (χ3n) is 4.54. The Labute approximate surface area is 138 Å². The van der Waals surface area contributed by atoms with Gasteiger partial charge in [0.05, 0.1) is 12.7 Å². The Morgan fingerprint density at radius 1 is 1.26 bits per heavy atom. The normalized spacial score (nSPS) is 27.2. The minimum atomic E-state index is -2.54. The second kappa shape index (κ2) is 5.87. The maximum Gasteiger partial charge on any atom is 0.335 e. The first kappa shape index (κ1) is 16.4. The molecule has 5 heteroatoms. The van der Waals surface area contributed by atoms with Crippen molar-refractivity contribution in [2.75, 3.05) is 12.9 Å². The van der Waals surface area contributed by atoms with Crippen molar-refractivity contribution < 1.29 is 14.1 Å². The molecule has 1 saturated carbocycles. The molecule has 0 saturated heterocycles. The third-order valence-corrected chi connectivity index (χ3v) is 7.01. The number of carbonyl (C=O) groups is 1. The lowest BCUT2D eigenvalue weighted by molar-refractivity contribution is -0.136. The number of carbonyl (C=O) groups excluding carboxylic acids is 1. The number of hydrogen-bond acceptors (Lipinski definition) is 4. The Bertz CT molecular complexity index is 724. The monoisotopic (exact) mass is 333 g/mol. The summed E-state index contributed by atoms with van der Waals surface area (Å²) in [5.41, 5.74) is 3.77. The molecule has 1 aliphatic heterocycles. The molecule has 3 rings (SSSR count). The molecule has 4 nitrogen and oxygen atoms in total. The number of nitrogens with zero attached hydrogens (tertiary/aromatic N) is 1. The molecule has 23 heavy (non-hydrogen) atoms. The molecule has 0 aromatic heterocycles. The van der Waals surface area contributed by atoms with Crippen molar-refractivity contribution in [3.05, 3.63) is 40.5 Å². The van der Waals surface area contributed by atoms with E-state index in [2.05, 4.69) is 12.1 Å². The number of esters is 1. The zero-order valence-electron chi connectivity index (χ0n) is 14.1. The van der Waals surface area contributed by atoms with Crippen molar-refractivity contribution in [2.24, 2.45) is 10.3 Å². The van der Waals surface area contributed by atoms with Gasteiger partial charge >= 0.3 is 5.97 Å². The number of aryl methyl sites for hydroxylation is 3. The highest BCUT2D eigenvalue weighted by Crippen LogP contribution is 2.42. The quantitative estimate of drug-likeness (QED) is 0.629. The van der Waals surface area contributed by atoms with Gasteiger partial charge in [0.25, 0.3) is 0 Å². The summed E-state index contributed by atoms with van der Waals surface area (Å²) >= 11 is 0. The number of benzene rings is 1. The van der Waals surface area contributed by atoms with Gasteiger partial charge in [-0.15, -0.1) is 4.36 Å². The van der Waals surface area contributed by atoms with Crippen LogP contribution in [-0.2, 0) is 19.6 Å². The van der Waals surface area contributed by atoms with E-state index in [0.717, 1.165) is 34.4 Å². The van der Waals surface area contributed by atoms with E-state index in [1.165, 1.54) is 7.11 Å². The van der Waals surface area contributed by atoms with Crippen LogP contribution in [0.2, 0.25) is 0 Å². The number of ether oxygens (including phenoxy) is 1. The highest BCUT2D eigenvalue weighted by molar-refractivity contribution is 8.00. The van der Waals surface area contributed by atoms with E-state index in [1.807, 2.05) is 20.8 Å². The zero-order chi connectivity index (χ0) is 16.8. The lowest BCUT2D eigenvalue weighted by Gasteiger charge is -2.30. The molecule has 2 aliphatic rings. The average Bonchev–Trinajstić information content (AvgIpc) is 3.29. The van der Waals surface area contributed by atoms with E-state index in [1.54, 1.807) is 6.08 Å². The predicted molar refractivity (Wildman–Crippen MR) is 91.0 cm³/mol. The largest absolute Gasteiger partial charge is 0.626 e. The Kier molecular flexibility index (Phi) is 4.19. The lowest BCUT2D eigenvalue weighted by Crippen LogP contribution is -2.31. The first-order chi connectivity index (χ1) is 10.9. The summed E-state index contributed by atoms with van der Waals surface area (Å²) < 4.78 is 23.2. The van der Waals surface area contributed by atoms with Gasteiger partial charge in [-0.3, -0.25) is 0 Å². The van der Waals surface area contributed by atoms with Crippen molar-refractivity contribution in [3.63, 3.8) is 0 Å². The first-order valence-corrected chi connectivity index (χ1v) is 9.64. The third kappa shape index (κ3) is 3.00. The molecule has 0 radical (unpaired) electrons. The van der Waals surface area contributed by atoms with E-state index in [9.17, 15) is 9.35 Å². The maximum absolute atomic E-state index is 13.6. The van der Waals surface area contributed by atoms with Gasteiger partial charge in [0.1, 0.15) is 16.7 Å². The van der Waals surface area contributed by atoms with Crippen LogP contribution in [0.3, 0.4) is 0 Å². The molecular formula is C18H23NO3S. The van der Waals surface area contributed by atoms with Gasteiger partial charge in [0.2, 0.25) is 0 Å². The topological polar surface area (TPSA) is 61.7 Å². The molecule has 1 unspecified atom stereocenters. The highest BCUT2D eigenvalue weighted by Gasteiger charge is 2.42. The van der Waals surface area contributed by atoms with Gasteiger partial charge in [-0.1, -0.05) is 17.7 Å². The Morgan fingerprint density at radius 2 is 1.87 bits per heavy atom. The Hall–Kier alpha value is -1.46. The SMILES string of the molecule is COC(=O)C1=CC[S+]([O-])(c2c(C)cc(C)cc2C)=N[C@H]1C1CC1. The molecule has 1 fully saturated rings. The molecule has 0 amide bonds. The minimum absolute atomic E-state index is 0.283. The van der Waals surface area contributed by atoms with Crippen molar-refractivity contribution in [2.45, 2.75) is 44.6 Å². The van der Waals surface area contributed by atoms with E-state index in [4.69, 9.17) is 9.10 Å². The van der Waals surface area contributed by atoms with Crippen LogP contribution in [0.1, 0.15) is 29.5 Å². The van der Waals surface area contributed by atoms with E-state index >= 15 is 0 Å². The minimum Gasteiger partial charge on any atom is -0.626 e. The second-order valence-corrected chi connectivity index (χ2v) is 8.81. The second-order valence-electron chi connectivity index (χ2n) is 6.57. The smallest absolute Gasteiger partial charge is 0.335 e. The van der Waals surface area contributed by atoms with Gasteiger partial charge in [0, 0.05) is 11.1 Å². The van der Waals surface area contributed by atoms with Gasteiger partial charge in [-0.2, -0.15) is 0 Å². The van der Waals surface area contributed by atoms with Crippen LogP contribution in [0, 0.1) is 26.7 Å². The lowest BCUT2D eigenvalue weighted by atomic mass is 10.0. The van der Waals surface area contributed by atoms with Crippen LogP contribution in [-0.4, -0.2) is 29.4 Å². The van der Waals surface area contributed by atoms with Crippen molar-refractivity contribution >= 4 is 16.1 Å². The Morgan fingerprint density at radius 3 is 2.39 bits per heavy atom. The van der Waals surface area contributed by atoms with Crippen LogP contribution < -0.4 is 0 Å². The molecule has 1 heterocycles. The van der Waals surface area contributed by atoms with E-state index in [-0.39, 0.29) is 17.8 Å². The Balaban J connectivity index is 2.08. The maximum atomic E-state index is 13.6. The van der Waals surface area contributed by atoms with E-state index < -0.39 is 10.1 Å². The fourth-order valence-electron chi connectivity index (χ4n) is 3.49. The molecular weight excluding hydrogens is 310 g/mol. The molecule has 0 spiro atoms. The van der Waals surface area contributed by atoms with Crippen LogP contribution in [0.4, 0.5) is 0 Å². The summed E-state index contributed by atoms with van der Waals surface area (Å²) in [6.07, 6.45) is 3.86. The zero-order valence-corrected chi connectivity index (χ0v) is 14.9. The van der Waals surface area contributed by atoms with Crippen molar-refractivity contribution in [3.8, 4) is 0 Å². The predicted octanol–water partition coefficient (Wildman–Crippen LogP) is 3.33. The van der Waals surface area contributed by atoms with Gasteiger partial charge in [-0.05, 0) is 55.7 Å². The van der Waals surface area contributed by atoms with E-state index in [0.29, 0.717) is 11.5 Å². The summed E-state index contributed by atoms with van der Waals surface area (Å²) in [5.74, 6) is 0.266. The average molecular weight is 333 g/mol. The molecule has 0 N–H and O–H groups in total. The van der Waals surface area contributed by atoms with Crippen LogP contribution in [0.15, 0.2) is 33.0 Å². The van der Waals surface area contributed by atoms with Crippen LogP contribution in [0.25, 0.3) is 0 Å². The fraction of sp³-hybridized carbons (Fsp3) is 0.500. The van der Waals surface area contributed by atoms with Gasteiger partial charge in [0.15, 0.2) is 0 Å². The fourth-order valence-corrected chi connectivity index (χ4v) is 6.03.